The minimum atomic E-state index is -3.44. The Bertz CT molecular complexity index is 1100. The van der Waals surface area contributed by atoms with Crippen molar-refractivity contribution in [3.05, 3.63) is 63.9 Å². The molecule has 1 heterocycles. The molecule has 10 heteroatoms. The van der Waals surface area contributed by atoms with Crippen LogP contribution in [0.4, 0.5) is 13.2 Å². The van der Waals surface area contributed by atoms with Crippen molar-refractivity contribution < 1.29 is 27.4 Å². The zero-order chi connectivity index (χ0) is 23.3. The number of hydrogen-bond donors (Lipinski definition) is 1. The third-order valence-corrected chi connectivity index (χ3v) is 7.82. The molecule has 170 valence electrons. The Morgan fingerprint density at radius 3 is 2.53 bits per heavy atom. The molecule has 3 atom stereocenters. The van der Waals surface area contributed by atoms with Crippen LogP contribution in [0.25, 0.3) is 0 Å². The number of thioether (sulfide) groups is 1. The summed E-state index contributed by atoms with van der Waals surface area (Å²) in [4.78, 5) is 17.1. The van der Waals surface area contributed by atoms with Gasteiger partial charge in [-0.1, -0.05) is 39.8 Å². The van der Waals surface area contributed by atoms with Crippen molar-refractivity contribution in [1.82, 2.24) is 5.32 Å². The number of ether oxygens (including phenoxy) is 2. The lowest BCUT2D eigenvalue weighted by molar-refractivity contribution is -0.143. The third-order valence-electron chi connectivity index (χ3n) is 5.90. The lowest BCUT2D eigenvalue weighted by Crippen LogP contribution is -2.41. The second-order valence-electron chi connectivity index (χ2n) is 7.78. The summed E-state index contributed by atoms with van der Waals surface area (Å²) in [5, 5.41) is 3.14. The number of carbonyl (C=O) groups is 1. The Kier molecular flexibility index (Phi) is 5.73. The average Bonchev–Trinajstić information content (AvgIpc) is 3.30. The maximum Gasteiger partial charge on any atom is 0.329 e. The number of hydrogen-bond acceptors (Lipinski definition) is 6. The number of benzene rings is 2. The van der Waals surface area contributed by atoms with Gasteiger partial charge in [-0.15, -0.1) is 0 Å². The summed E-state index contributed by atoms with van der Waals surface area (Å²) >= 11 is 3.90. The molecule has 4 rings (SSSR count). The highest BCUT2D eigenvalue weighted by Crippen LogP contribution is 2.75. The first-order valence-corrected chi connectivity index (χ1v) is 11.3. The standard InChI is InChI=1S/C22H20BrF3N2O3S/c1-20(15-10-13(23)6-9-16(15)24)17-21(18(29)31-3,22(17,25)26)32-19(28-20)27-11-12-4-7-14(30-2)8-5-12/h4-10,17H,11H2,1-3H3,(H,27,28)/t17?,20-,21-/m1/s1. The molecule has 1 unspecified atom stereocenters. The minimum Gasteiger partial charge on any atom is -0.497 e. The average molecular weight is 529 g/mol. The van der Waals surface area contributed by atoms with Crippen molar-refractivity contribution in [2.45, 2.75) is 29.7 Å². The van der Waals surface area contributed by atoms with Gasteiger partial charge < -0.3 is 14.8 Å². The Morgan fingerprint density at radius 1 is 1.22 bits per heavy atom. The molecule has 2 aliphatic rings. The van der Waals surface area contributed by atoms with Crippen molar-refractivity contribution in [2.24, 2.45) is 10.9 Å². The smallest absolute Gasteiger partial charge is 0.329 e. The highest BCUT2D eigenvalue weighted by Gasteiger charge is 2.92. The van der Waals surface area contributed by atoms with Gasteiger partial charge in [-0.2, -0.15) is 0 Å². The molecule has 0 aromatic heterocycles. The first-order valence-electron chi connectivity index (χ1n) is 9.67. The first kappa shape index (κ1) is 23.0. The van der Waals surface area contributed by atoms with E-state index in [2.05, 4.69) is 26.2 Å². The predicted octanol–water partition coefficient (Wildman–Crippen LogP) is 4.88. The van der Waals surface area contributed by atoms with Crippen molar-refractivity contribution >= 4 is 38.8 Å². The largest absolute Gasteiger partial charge is 0.497 e. The highest BCUT2D eigenvalue weighted by molar-refractivity contribution is 9.10. The van der Waals surface area contributed by atoms with Crippen LogP contribution in [0.1, 0.15) is 18.1 Å². The number of alkyl halides is 2. The van der Waals surface area contributed by atoms with Crippen LogP contribution in [0, 0.1) is 11.7 Å². The van der Waals surface area contributed by atoms with E-state index < -0.39 is 33.9 Å². The highest BCUT2D eigenvalue weighted by atomic mass is 79.9. The monoisotopic (exact) mass is 528 g/mol. The summed E-state index contributed by atoms with van der Waals surface area (Å²) < 4.78 is 53.5. The van der Waals surface area contributed by atoms with Gasteiger partial charge in [0.25, 0.3) is 5.92 Å². The van der Waals surface area contributed by atoms with Gasteiger partial charge in [0.1, 0.15) is 11.6 Å². The quantitative estimate of drug-likeness (QED) is 0.560. The molecule has 1 N–H and O–H groups in total. The first-order chi connectivity index (χ1) is 15.1. The van der Waals surface area contributed by atoms with Crippen LogP contribution in [0.15, 0.2) is 51.9 Å². The zero-order valence-corrected chi connectivity index (χ0v) is 19.8. The molecule has 2 aromatic rings. The Labute approximate surface area is 195 Å². The van der Waals surface area contributed by atoms with Crippen LogP contribution in [-0.4, -0.2) is 36.0 Å². The van der Waals surface area contributed by atoms with E-state index in [4.69, 9.17) is 9.47 Å². The number of aliphatic imine (C=N–C) groups is 1. The molecule has 5 nitrogen and oxygen atoms in total. The predicted molar refractivity (Wildman–Crippen MR) is 119 cm³/mol. The number of nitrogens with zero attached hydrogens (tertiary/aromatic N) is 1. The number of fused-ring (bicyclic) bond motifs is 1. The molecular formula is C22H20BrF3N2O3S. The number of amidine groups is 1. The van der Waals surface area contributed by atoms with Crippen LogP contribution in [-0.2, 0) is 21.6 Å². The molecule has 2 aromatic carbocycles. The number of nitrogens with one attached hydrogen (secondary N) is 1. The van der Waals surface area contributed by atoms with E-state index in [0.29, 0.717) is 22.0 Å². The van der Waals surface area contributed by atoms with Crippen molar-refractivity contribution in [1.29, 1.82) is 0 Å². The summed E-state index contributed by atoms with van der Waals surface area (Å²) in [5.41, 5.74) is -0.869. The number of halogens is 4. The van der Waals surface area contributed by atoms with Gasteiger partial charge in [-0.3, -0.25) is 9.79 Å². The molecule has 0 spiro atoms. The maximum atomic E-state index is 15.3. The van der Waals surface area contributed by atoms with E-state index in [9.17, 15) is 9.18 Å². The molecule has 1 saturated carbocycles. The van der Waals surface area contributed by atoms with Crippen LogP contribution in [0.5, 0.6) is 5.75 Å². The van der Waals surface area contributed by atoms with E-state index in [0.717, 1.165) is 12.7 Å². The minimum absolute atomic E-state index is 0.0219. The van der Waals surface area contributed by atoms with E-state index in [1.807, 2.05) is 12.1 Å². The lowest BCUT2D eigenvalue weighted by Gasteiger charge is -2.33. The number of esters is 1. The van der Waals surface area contributed by atoms with Crippen molar-refractivity contribution in [3.8, 4) is 5.75 Å². The summed E-state index contributed by atoms with van der Waals surface area (Å²) in [6.45, 7) is 1.69. The van der Waals surface area contributed by atoms with Gasteiger partial charge in [-0.05, 0) is 42.8 Å². The second-order valence-corrected chi connectivity index (χ2v) is 9.93. The zero-order valence-electron chi connectivity index (χ0n) is 17.4. The van der Waals surface area contributed by atoms with Crippen LogP contribution >= 0.6 is 27.7 Å². The van der Waals surface area contributed by atoms with Gasteiger partial charge in [-0.25, -0.2) is 13.2 Å². The molecule has 32 heavy (non-hydrogen) atoms. The Morgan fingerprint density at radius 2 is 1.91 bits per heavy atom. The van der Waals surface area contributed by atoms with Gasteiger partial charge in [0, 0.05) is 16.6 Å². The maximum absolute atomic E-state index is 15.3. The van der Waals surface area contributed by atoms with Gasteiger partial charge in [0.05, 0.1) is 25.7 Å². The summed E-state index contributed by atoms with van der Waals surface area (Å²) in [7, 11) is 2.62. The fraction of sp³-hybridized carbons (Fsp3) is 0.364. The molecule has 0 saturated heterocycles. The molecule has 0 amide bonds. The van der Waals surface area contributed by atoms with E-state index in [1.54, 1.807) is 19.2 Å². The normalized spacial score (nSPS) is 27.7. The van der Waals surface area contributed by atoms with Gasteiger partial charge in [0.2, 0.25) is 0 Å². The molecule has 1 fully saturated rings. The van der Waals surface area contributed by atoms with E-state index >= 15 is 8.78 Å². The molecule has 1 aliphatic heterocycles. The fourth-order valence-electron chi connectivity index (χ4n) is 4.25. The number of rotatable bonds is 5. The Hall–Kier alpha value is -2.20. The SMILES string of the molecule is COC(=O)[C@]12SC(NCc3ccc(OC)cc3)=N[C@](C)(c3cc(Br)ccc3F)C1C2(F)F. The topological polar surface area (TPSA) is 59.9 Å². The fourth-order valence-corrected chi connectivity index (χ4v) is 6.16. The molecule has 0 radical (unpaired) electrons. The lowest BCUT2D eigenvalue weighted by atomic mass is 9.85. The molecular weight excluding hydrogens is 509 g/mol. The number of methoxy groups -OCH3 is 2. The van der Waals surface area contributed by atoms with Crippen molar-refractivity contribution in [3.63, 3.8) is 0 Å². The summed E-state index contributed by atoms with van der Waals surface area (Å²) in [6, 6.07) is 11.3. The van der Waals surface area contributed by atoms with E-state index in [-0.39, 0.29) is 17.3 Å². The molecule has 0 bridgehead atoms. The number of carbonyl (C=O) groups excluding carboxylic acids is 1. The van der Waals surface area contributed by atoms with Gasteiger partial charge >= 0.3 is 5.97 Å². The molecule has 1 aliphatic carbocycles. The van der Waals surface area contributed by atoms with Crippen LogP contribution < -0.4 is 10.1 Å². The summed E-state index contributed by atoms with van der Waals surface area (Å²) in [6.07, 6.45) is 0. The third kappa shape index (κ3) is 3.39. The second kappa shape index (κ2) is 7.98. The summed E-state index contributed by atoms with van der Waals surface area (Å²) in [5.74, 6) is -6.06. The van der Waals surface area contributed by atoms with Crippen LogP contribution in [0.3, 0.4) is 0 Å². The van der Waals surface area contributed by atoms with Crippen molar-refractivity contribution in [2.75, 3.05) is 14.2 Å². The van der Waals surface area contributed by atoms with Crippen LogP contribution in [0.2, 0.25) is 0 Å². The Balaban J connectivity index is 1.74. The van der Waals surface area contributed by atoms with Gasteiger partial charge in [0.15, 0.2) is 9.91 Å². The van der Waals surface area contributed by atoms with E-state index in [1.165, 1.54) is 25.1 Å².